The van der Waals surface area contributed by atoms with Crippen LogP contribution in [0.1, 0.15) is 82.1 Å². The topological polar surface area (TPSA) is 100 Å². The Morgan fingerprint density at radius 3 is 2.33 bits per heavy atom. The van der Waals surface area contributed by atoms with Gasteiger partial charge < -0.3 is 20.3 Å². The Bertz CT molecular complexity index is 1110. The van der Waals surface area contributed by atoms with E-state index in [4.69, 9.17) is 0 Å². The summed E-state index contributed by atoms with van der Waals surface area (Å²) >= 11 is 0. The maximum absolute atomic E-state index is 13.6. The van der Waals surface area contributed by atoms with Gasteiger partial charge >= 0.3 is 0 Å². The zero-order valence-electron chi connectivity index (χ0n) is 19.2. The molecule has 0 bridgehead atoms. The van der Waals surface area contributed by atoms with Crippen LogP contribution in [0, 0.1) is 19.7 Å². The number of nitrogens with zero attached hydrogens (tertiary/aromatic N) is 1. The minimum Gasteiger partial charge on any atom is -0.393 e. The number of anilines is 1. The summed E-state index contributed by atoms with van der Waals surface area (Å²) in [5.41, 5.74) is 2.76. The first-order valence-electron chi connectivity index (χ1n) is 11.5. The molecule has 0 radical (unpaired) electrons. The molecule has 176 valence electrons. The van der Waals surface area contributed by atoms with Crippen LogP contribution >= 0.6 is 0 Å². The first kappa shape index (κ1) is 23.2. The molecular weight excluding hydrogens is 425 g/mol. The van der Waals surface area contributed by atoms with Gasteiger partial charge in [0.25, 0.3) is 17.6 Å². The third kappa shape index (κ3) is 4.71. The second-order valence-electron chi connectivity index (χ2n) is 9.28. The number of halogens is 1. The van der Waals surface area contributed by atoms with Crippen LogP contribution in [0.5, 0.6) is 0 Å². The lowest BCUT2D eigenvalue weighted by Crippen LogP contribution is -2.42. The lowest BCUT2D eigenvalue weighted by atomic mass is 9.93. The van der Waals surface area contributed by atoms with Gasteiger partial charge in [-0.15, -0.1) is 0 Å². The number of Topliss-reactive ketones (excluding diaryl/α,β-unsaturated/α-hetero) is 1. The number of aliphatic hydroxyl groups is 1. The molecule has 2 amide bonds. The van der Waals surface area contributed by atoms with E-state index in [1.54, 1.807) is 31.5 Å². The first-order chi connectivity index (χ1) is 15.7. The zero-order chi connectivity index (χ0) is 23.9. The van der Waals surface area contributed by atoms with Crippen molar-refractivity contribution < 1.29 is 23.9 Å². The molecule has 3 N–H and O–H groups in total. The molecule has 0 atom stereocenters. The quantitative estimate of drug-likeness (QED) is 0.458. The van der Waals surface area contributed by atoms with Gasteiger partial charge in [0.1, 0.15) is 5.82 Å². The van der Waals surface area contributed by atoms with Gasteiger partial charge in [0, 0.05) is 24.5 Å². The van der Waals surface area contributed by atoms with E-state index in [2.05, 4.69) is 10.6 Å². The summed E-state index contributed by atoms with van der Waals surface area (Å²) in [7, 11) is 1.69. The van der Waals surface area contributed by atoms with Gasteiger partial charge in [-0.1, -0.05) is 0 Å². The molecule has 2 aromatic rings. The second kappa shape index (κ2) is 9.09. The van der Waals surface area contributed by atoms with Gasteiger partial charge in [-0.25, -0.2) is 4.39 Å². The number of aromatic nitrogens is 1. The Morgan fingerprint density at radius 1 is 1.06 bits per heavy atom. The highest BCUT2D eigenvalue weighted by Crippen LogP contribution is 2.45. The molecule has 2 aliphatic carbocycles. The number of carbonyl (C=O) groups is 3. The summed E-state index contributed by atoms with van der Waals surface area (Å²) in [6.07, 6.45) is 3.81. The van der Waals surface area contributed by atoms with Crippen molar-refractivity contribution >= 4 is 23.3 Å². The molecule has 2 saturated carbocycles. The van der Waals surface area contributed by atoms with Crippen molar-refractivity contribution in [3.05, 3.63) is 52.1 Å². The van der Waals surface area contributed by atoms with Crippen molar-refractivity contribution in [1.29, 1.82) is 0 Å². The zero-order valence-corrected chi connectivity index (χ0v) is 19.2. The average molecular weight is 456 g/mol. The minimum absolute atomic E-state index is 0.0529. The number of benzene rings is 1. The highest BCUT2D eigenvalue weighted by molar-refractivity contribution is 6.43. The molecule has 2 fully saturated rings. The molecule has 2 aliphatic rings. The fraction of sp³-hybridized carbons (Fsp3) is 0.480. The van der Waals surface area contributed by atoms with Crippen LogP contribution in [-0.2, 0) is 11.8 Å². The predicted molar refractivity (Wildman–Crippen MR) is 122 cm³/mol. The number of amides is 2. The fourth-order valence-corrected chi connectivity index (χ4v) is 4.65. The largest absolute Gasteiger partial charge is 0.393 e. The van der Waals surface area contributed by atoms with Crippen LogP contribution < -0.4 is 10.6 Å². The minimum atomic E-state index is -0.681. The van der Waals surface area contributed by atoms with Crippen molar-refractivity contribution in [3.8, 4) is 0 Å². The number of hydrogen-bond donors (Lipinski definition) is 3. The molecule has 1 aromatic heterocycles. The van der Waals surface area contributed by atoms with Gasteiger partial charge in [-0.3, -0.25) is 14.4 Å². The summed E-state index contributed by atoms with van der Waals surface area (Å²) in [5.74, 6) is -2.01. The Morgan fingerprint density at radius 2 is 1.73 bits per heavy atom. The number of rotatable bonds is 6. The van der Waals surface area contributed by atoms with E-state index in [0.29, 0.717) is 53.8 Å². The van der Waals surface area contributed by atoms with Crippen molar-refractivity contribution in [2.24, 2.45) is 7.05 Å². The Hall–Kier alpha value is -3.00. The summed E-state index contributed by atoms with van der Waals surface area (Å²) in [6, 6.07) is 4.22. The molecule has 8 heteroatoms. The predicted octanol–water partition coefficient (Wildman–Crippen LogP) is 3.51. The van der Waals surface area contributed by atoms with Gasteiger partial charge in [0.15, 0.2) is 0 Å². The third-order valence-electron chi connectivity index (χ3n) is 6.81. The van der Waals surface area contributed by atoms with Crippen LogP contribution in [0.4, 0.5) is 10.1 Å². The molecule has 1 heterocycles. The lowest BCUT2D eigenvalue weighted by Gasteiger charge is -2.25. The summed E-state index contributed by atoms with van der Waals surface area (Å²) in [5, 5.41) is 15.3. The molecule has 0 spiro atoms. The highest BCUT2D eigenvalue weighted by Gasteiger charge is 2.39. The van der Waals surface area contributed by atoms with Crippen molar-refractivity contribution in [1.82, 2.24) is 9.88 Å². The van der Waals surface area contributed by atoms with E-state index in [1.807, 2.05) is 0 Å². The molecular formula is C25H30FN3O4. The summed E-state index contributed by atoms with van der Waals surface area (Å²) in [4.78, 5) is 39.3. The Kier molecular flexibility index (Phi) is 6.38. The van der Waals surface area contributed by atoms with Gasteiger partial charge in [0.05, 0.1) is 17.4 Å². The smallest absolute Gasteiger partial charge is 0.294 e. The van der Waals surface area contributed by atoms with Gasteiger partial charge in [-0.05, 0) is 87.6 Å². The average Bonchev–Trinajstić information content (AvgIpc) is 3.58. The Balaban J connectivity index is 1.61. The Labute approximate surface area is 192 Å². The van der Waals surface area contributed by atoms with E-state index in [-0.39, 0.29) is 35.5 Å². The van der Waals surface area contributed by atoms with Crippen LogP contribution in [0.25, 0.3) is 0 Å². The van der Waals surface area contributed by atoms with Crippen molar-refractivity contribution in [2.75, 3.05) is 5.32 Å². The van der Waals surface area contributed by atoms with Crippen LogP contribution in [0.15, 0.2) is 18.2 Å². The van der Waals surface area contributed by atoms with E-state index in [0.717, 1.165) is 12.8 Å². The first-order valence-corrected chi connectivity index (χ1v) is 11.5. The number of aryl methyl sites for hydroxylation is 1. The number of ketones is 1. The number of aliphatic hydroxyl groups excluding tert-OH is 1. The van der Waals surface area contributed by atoms with E-state index in [9.17, 15) is 23.9 Å². The normalized spacial score (nSPS) is 20.4. The van der Waals surface area contributed by atoms with Crippen LogP contribution in [-0.4, -0.2) is 39.4 Å². The molecule has 0 saturated heterocycles. The maximum atomic E-state index is 13.6. The summed E-state index contributed by atoms with van der Waals surface area (Å²) < 4.78 is 15.2. The molecule has 0 unspecified atom stereocenters. The van der Waals surface area contributed by atoms with Gasteiger partial charge in [-0.2, -0.15) is 0 Å². The molecule has 33 heavy (non-hydrogen) atoms. The van der Waals surface area contributed by atoms with Gasteiger partial charge in [0.2, 0.25) is 0 Å². The van der Waals surface area contributed by atoms with E-state index >= 15 is 0 Å². The van der Waals surface area contributed by atoms with Crippen molar-refractivity contribution in [3.63, 3.8) is 0 Å². The number of carbonyl (C=O) groups excluding carboxylic acids is 3. The third-order valence-corrected chi connectivity index (χ3v) is 6.81. The number of hydrogen-bond acceptors (Lipinski definition) is 4. The molecule has 7 nitrogen and oxygen atoms in total. The van der Waals surface area contributed by atoms with E-state index in [1.165, 1.54) is 12.1 Å². The monoisotopic (exact) mass is 455 g/mol. The highest BCUT2D eigenvalue weighted by atomic mass is 19.1. The van der Waals surface area contributed by atoms with Crippen LogP contribution in [0.3, 0.4) is 0 Å². The maximum Gasteiger partial charge on any atom is 0.294 e. The van der Waals surface area contributed by atoms with Crippen molar-refractivity contribution in [2.45, 2.75) is 70.4 Å². The molecule has 4 rings (SSSR count). The SMILES string of the molecule is Cc1cc(NC(=O)c2c(C3CC3)c(C(=O)C(=O)N[C@H]3CC[C@@H](O)CC3)n(C)c2C)ccc1F. The molecule has 1 aromatic carbocycles. The second-order valence-corrected chi connectivity index (χ2v) is 9.28. The molecule has 0 aliphatic heterocycles. The lowest BCUT2D eigenvalue weighted by molar-refractivity contribution is -0.118. The number of nitrogens with one attached hydrogen (secondary N) is 2. The van der Waals surface area contributed by atoms with Crippen LogP contribution in [0.2, 0.25) is 0 Å². The van der Waals surface area contributed by atoms with E-state index < -0.39 is 11.7 Å². The standard InChI is InChI=1S/C25H30FN3O4/c1-13-12-17(8-11-19(13)26)28-24(32)20-14(2)29(3)22(21(20)15-4-5-15)23(31)25(33)27-16-6-9-18(30)10-7-16/h8,11-12,15-16,18,30H,4-7,9-10H2,1-3H3,(H,27,33)(H,28,32)/t16-,18+. The fourth-order valence-electron chi connectivity index (χ4n) is 4.65. The summed E-state index contributed by atoms with van der Waals surface area (Å²) in [6.45, 7) is 3.38.